The molecular formula is C12H14N4O. The Hall–Kier alpha value is -2.17. The van der Waals surface area contributed by atoms with Crippen molar-refractivity contribution in [2.24, 2.45) is 5.73 Å². The Labute approximate surface area is 99.0 Å². The van der Waals surface area contributed by atoms with Crippen LogP contribution in [0.25, 0.3) is 10.9 Å². The molecule has 3 N–H and O–H groups in total. The molecule has 88 valence electrons. The third-order valence-electron chi connectivity index (χ3n) is 2.61. The van der Waals surface area contributed by atoms with Crippen LogP contribution in [-0.4, -0.2) is 21.6 Å². The van der Waals surface area contributed by atoms with Gasteiger partial charge in [0.25, 0.3) is 0 Å². The molecule has 2 rings (SSSR count). The average molecular weight is 230 g/mol. The van der Waals surface area contributed by atoms with Gasteiger partial charge in [0.1, 0.15) is 5.54 Å². The molecule has 1 aromatic heterocycles. The Morgan fingerprint density at radius 1 is 1.35 bits per heavy atom. The standard InChI is InChI=1S/C12H14N4O/c1-12(2,11(13)17)15-10-7-14-16-9-6-4-3-5-8(9)10/h3-7H,1-2H3,(H2,13,17)(H,15,16). The summed E-state index contributed by atoms with van der Waals surface area (Å²) >= 11 is 0. The van der Waals surface area contributed by atoms with Crippen LogP contribution < -0.4 is 11.1 Å². The number of nitrogens with one attached hydrogen (secondary N) is 1. The van der Waals surface area contributed by atoms with Gasteiger partial charge >= 0.3 is 0 Å². The number of hydrogen-bond acceptors (Lipinski definition) is 4. The normalized spacial score (nSPS) is 11.4. The van der Waals surface area contributed by atoms with Crippen LogP contribution in [0.2, 0.25) is 0 Å². The van der Waals surface area contributed by atoms with Gasteiger partial charge in [0.05, 0.1) is 17.4 Å². The summed E-state index contributed by atoms with van der Waals surface area (Å²) in [5.41, 5.74) is 6.02. The van der Waals surface area contributed by atoms with Crippen molar-refractivity contribution in [1.82, 2.24) is 10.2 Å². The van der Waals surface area contributed by atoms with Gasteiger partial charge in [0.2, 0.25) is 5.91 Å². The molecule has 5 nitrogen and oxygen atoms in total. The molecule has 0 saturated carbocycles. The van der Waals surface area contributed by atoms with Gasteiger partial charge in [-0.05, 0) is 19.9 Å². The second-order valence-electron chi connectivity index (χ2n) is 4.39. The van der Waals surface area contributed by atoms with Crippen LogP contribution in [0.5, 0.6) is 0 Å². The van der Waals surface area contributed by atoms with E-state index in [-0.39, 0.29) is 0 Å². The number of hydrogen-bond donors (Lipinski definition) is 2. The molecule has 0 fully saturated rings. The van der Waals surface area contributed by atoms with E-state index in [2.05, 4.69) is 15.5 Å². The molecule has 0 aliphatic rings. The van der Waals surface area contributed by atoms with E-state index in [1.807, 2.05) is 24.3 Å². The van der Waals surface area contributed by atoms with Gasteiger partial charge in [-0.2, -0.15) is 10.2 Å². The van der Waals surface area contributed by atoms with Crippen LogP contribution in [0.4, 0.5) is 5.69 Å². The number of amides is 1. The highest BCUT2D eigenvalue weighted by atomic mass is 16.1. The van der Waals surface area contributed by atoms with Gasteiger partial charge in [0, 0.05) is 5.39 Å². The summed E-state index contributed by atoms with van der Waals surface area (Å²) in [4.78, 5) is 11.3. The minimum atomic E-state index is -0.828. The fraction of sp³-hybridized carbons (Fsp3) is 0.250. The zero-order valence-corrected chi connectivity index (χ0v) is 9.77. The Morgan fingerprint density at radius 2 is 2.06 bits per heavy atom. The maximum atomic E-state index is 11.3. The first-order valence-electron chi connectivity index (χ1n) is 5.29. The molecule has 0 unspecified atom stereocenters. The van der Waals surface area contributed by atoms with Crippen LogP contribution in [-0.2, 0) is 4.79 Å². The van der Waals surface area contributed by atoms with Gasteiger partial charge in [-0.3, -0.25) is 4.79 Å². The molecule has 17 heavy (non-hydrogen) atoms. The lowest BCUT2D eigenvalue weighted by molar-refractivity contribution is -0.121. The van der Waals surface area contributed by atoms with Crippen molar-refractivity contribution in [2.75, 3.05) is 5.32 Å². The van der Waals surface area contributed by atoms with E-state index in [0.29, 0.717) is 0 Å². The van der Waals surface area contributed by atoms with Crippen LogP contribution >= 0.6 is 0 Å². The number of nitrogens with zero attached hydrogens (tertiary/aromatic N) is 2. The minimum absolute atomic E-state index is 0.418. The van der Waals surface area contributed by atoms with E-state index >= 15 is 0 Å². The van der Waals surface area contributed by atoms with Crippen LogP contribution in [0.1, 0.15) is 13.8 Å². The molecule has 5 heteroatoms. The van der Waals surface area contributed by atoms with Crippen molar-refractivity contribution < 1.29 is 4.79 Å². The monoisotopic (exact) mass is 230 g/mol. The number of carbonyl (C=O) groups is 1. The SMILES string of the molecule is CC(C)(Nc1cnnc2ccccc12)C(N)=O. The second-order valence-corrected chi connectivity index (χ2v) is 4.39. The molecule has 1 aromatic carbocycles. The summed E-state index contributed by atoms with van der Waals surface area (Å²) in [6.07, 6.45) is 1.59. The molecule has 0 aliphatic heterocycles. The van der Waals surface area contributed by atoms with Gasteiger partial charge < -0.3 is 11.1 Å². The second kappa shape index (κ2) is 4.01. The highest BCUT2D eigenvalue weighted by molar-refractivity contribution is 5.94. The molecular weight excluding hydrogens is 216 g/mol. The van der Waals surface area contributed by atoms with Crippen molar-refractivity contribution in [3.8, 4) is 0 Å². The largest absolute Gasteiger partial charge is 0.370 e. The molecule has 2 aromatic rings. The Kier molecular flexibility index (Phi) is 2.67. The number of fused-ring (bicyclic) bond motifs is 1. The van der Waals surface area contributed by atoms with Crippen molar-refractivity contribution >= 4 is 22.5 Å². The molecule has 1 amide bonds. The smallest absolute Gasteiger partial charge is 0.242 e. The first-order chi connectivity index (χ1) is 8.00. The van der Waals surface area contributed by atoms with E-state index < -0.39 is 11.4 Å². The quantitative estimate of drug-likeness (QED) is 0.832. The van der Waals surface area contributed by atoms with Crippen molar-refractivity contribution in [1.29, 1.82) is 0 Å². The number of aromatic nitrogens is 2. The predicted molar refractivity (Wildman–Crippen MR) is 66.4 cm³/mol. The molecule has 0 aliphatic carbocycles. The van der Waals surface area contributed by atoms with Gasteiger partial charge in [-0.1, -0.05) is 18.2 Å². The molecule has 0 radical (unpaired) electrons. The van der Waals surface area contributed by atoms with Gasteiger partial charge in [0.15, 0.2) is 0 Å². The fourth-order valence-electron chi connectivity index (χ4n) is 1.50. The van der Waals surface area contributed by atoms with E-state index in [1.54, 1.807) is 20.0 Å². The first kappa shape index (κ1) is 11.3. The zero-order chi connectivity index (χ0) is 12.5. The van der Waals surface area contributed by atoms with Crippen molar-refractivity contribution in [2.45, 2.75) is 19.4 Å². The Balaban J connectivity index is 2.46. The van der Waals surface area contributed by atoms with Crippen LogP contribution in [0, 0.1) is 0 Å². The van der Waals surface area contributed by atoms with Crippen LogP contribution in [0.3, 0.4) is 0 Å². The summed E-state index contributed by atoms with van der Waals surface area (Å²) < 4.78 is 0. The Morgan fingerprint density at radius 3 is 2.76 bits per heavy atom. The number of carbonyl (C=O) groups excluding carboxylic acids is 1. The van der Waals surface area contributed by atoms with Crippen LogP contribution in [0.15, 0.2) is 30.5 Å². The number of anilines is 1. The van der Waals surface area contributed by atoms with Gasteiger partial charge in [-0.15, -0.1) is 0 Å². The summed E-state index contributed by atoms with van der Waals surface area (Å²) in [5.74, 6) is -0.418. The number of primary amides is 1. The summed E-state index contributed by atoms with van der Waals surface area (Å²) in [7, 11) is 0. The topological polar surface area (TPSA) is 80.9 Å². The highest BCUT2D eigenvalue weighted by Crippen LogP contribution is 2.22. The fourth-order valence-corrected chi connectivity index (χ4v) is 1.50. The third-order valence-corrected chi connectivity index (χ3v) is 2.61. The molecule has 0 atom stereocenters. The lowest BCUT2D eigenvalue weighted by Crippen LogP contribution is -2.45. The lowest BCUT2D eigenvalue weighted by atomic mass is 10.0. The summed E-state index contributed by atoms with van der Waals surface area (Å²) in [5, 5.41) is 11.9. The van der Waals surface area contributed by atoms with E-state index in [4.69, 9.17) is 5.73 Å². The summed E-state index contributed by atoms with van der Waals surface area (Å²) in [6.45, 7) is 3.45. The molecule has 0 spiro atoms. The third kappa shape index (κ3) is 2.18. The van der Waals surface area contributed by atoms with Gasteiger partial charge in [-0.25, -0.2) is 0 Å². The maximum Gasteiger partial charge on any atom is 0.242 e. The zero-order valence-electron chi connectivity index (χ0n) is 9.77. The number of rotatable bonds is 3. The number of benzene rings is 1. The predicted octanol–water partition coefficient (Wildman–Crippen LogP) is 1.31. The lowest BCUT2D eigenvalue weighted by Gasteiger charge is -2.24. The Bertz CT molecular complexity index is 560. The maximum absolute atomic E-state index is 11.3. The summed E-state index contributed by atoms with van der Waals surface area (Å²) in [6, 6.07) is 7.58. The van der Waals surface area contributed by atoms with Crippen molar-refractivity contribution in [3.05, 3.63) is 30.5 Å². The molecule has 1 heterocycles. The van der Waals surface area contributed by atoms with E-state index in [1.165, 1.54) is 0 Å². The minimum Gasteiger partial charge on any atom is -0.370 e. The average Bonchev–Trinajstić information content (AvgIpc) is 2.29. The van der Waals surface area contributed by atoms with Crippen molar-refractivity contribution in [3.63, 3.8) is 0 Å². The van der Waals surface area contributed by atoms with E-state index in [0.717, 1.165) is 16.6 Å². The highest BCUT2D eigenvalue weighted by Gasteiger charge is 2.25. The molecule has 0 saturated heterocycles. The number of nitrogens with two attached hydrogens (primary N) is 1. The molecule has 0 bridgehead atoms. The van der Waals surface area contributed by atoms with E-state index in [9.17, 15) is 4.79 Å². The first-order valence-corrected chi connectivity index (χ1v) is 5.29.